The first-order chi connectivity index (χ1) is 30.0. The van der Waals surface area contributed by atoms with E-state index in [0.717, 1.165) is 60.6 Å². The molecule has 7 heterocycles. The van der Waals surface area contributed by atoms with Crippen molar-refractivity contribution >= 4 is 34.5 Å². The van der Waals surface area contributed by atoms with Crippen molar-refractivity contribution in [1.29, 1.82) is 0 Å². The number of aliphatic hydroxyl groups is 1. The number of piperidine rings is 1. The summed E-state index contributed by atoms with van der Waals surface area (Å²) < 4.78 is 49.4. The van der Waals surface area contributed by atoms with Crippen molar-refractivity contribution in [3.05, 3.63) is 65.0 Å². The lowest BCUT2D eigenvalue weighted by molar-refractivity contribution is -0.241. The highest BCUT2D eigenvalue weighted by Crippen LogP contribution is 2.70. The standard InChI is InChI=1S/C48H61F2N5O8/c1-7-45-13-10-17-55-18-14-46(39(45)55)33-21-34(37(61-5)22-36(33)52(4)40(46)48(60,42(57)58)41(45)63-27(2)56)47(43(59)62-6)23-28-19-29(44(3,49)50)25-53(24-28)26-32-31-20-30(54-15-8-9-16-54)11-12-35(31)51-38(32)47/h10-13,20-22,28-29,34,37,39-41,51,60H,7-9,14-19,23-26H2,1-6H3,(H,57,58)/t28-,29?,34?,37?,39+,40-,41-,45-,46-,47+,48+/m1/s1. The minimum atomic E-state index is -2.95. The minimum absolute atomic E-state index is 0.191. The fraction of sp³-hybridized carbons (Fsp3) is 0.646. The SMILES string of the molecule is CC[C@]12C=CCN3CC[C@@]4(C5=CC([C@@]6(C(=O)OC)C[C@H]7CC(C(C)(F)F)CN(Cc8c6[nH]c6ccc(N9CCCC9)cc86)C7)C(OC)C=C5N(C)[C@H]4[C@@](O)(C(=O)O)[C@@H]1OC(C)=O)[C@@H]32. The number of hydrogen-bond acceptors (Lipinski definition) is 11. The molecule has 12 atom stereocenters. The molecule has 1 spiro atoms. The van der Waals surface area contributed by atoms with Gasteiger partial charge in [0.2, 0.25) is 11.5 Å². The smallest absolute Gasteiger partial charge is 0.341 e. The molecule has 15 heteroatoms. The fourth-order valence-corrected chi connectivity index (χ4v) is 14.7. The Morgan fingerprint density at radius 1 is 1.06 bits per heavy atom. The summed E-state index contributed by atoms with van der Waals surface area (Å²) in [6.45, 7) is 8.34. The number of fused-ring (bicyclic) bond motifs is 6. The monoisotopic (exact) mass is 873 g/mol. The second-order valence-electron chi connectivity index (χ2n) is 20.1. The first-order valence-electron chi connectivity index (χ1n) is 22.8. The quantitative estimate of drug-likeness (QED) is 0.236. The van der Waals surface area contributed by atoms with Crippen LogP contribution in [-0.4, -0.2) is 144 Å². The second kappa shape index (κ2) is 14.6. The van der Waals surface area contributed by atoms with E-state index in [4.69, 9.17) is 14.2 Å². The molecule has 13 nitrogen and oxygen atoms in total. The second-order valence-corrected chi connectivity index (χ2v) is 20.1. The van der Waals surface area contributed by atoms with E-state index in [9.17, 15) is 19.8 Å². The topological polar surface area (TPSA) is 148 Å². The zero-order valence-corrected chi connectivity index (χ0v) is 37.2. The van der Waals surface area contributed by atoms with Gasteiger partial charge >= 0.3 is 17.9 Å². The van der Waals surface area contributed by atoms with Crippen molar-refractivity contribution in [2.75, 3.05) is 65.4 Å². The van der Waals surface area contributed by atoms with Gasteiger partial charge in [-0.15, -0.1) is 0 Å². The van der Waals surface area contributed by atoms with Crippen LogP contribution in [0.2, 0.25) is 0 Å². The van der Waals surface area contributed by atoms with Crippen LogP contribution in [0, 0.1) is 28.6 Å². The number of carboxylic acids is 1. The molecule has 10 rings (SSSR count). The lowest BCUT2D eigenvalue weighted by Gasteiger charge is -2.63. The summed E-state index contributed by atoms with van der Waals surface area (Å²) in [5.74, 6) is -7.63. The van der Waals surface area contributed by atoms with Crippen LogP contribution in [0.1, 0.15) is 70.6 Å². The van der Waals surface area contributed by atoms with E-state index in [1.165, 1.54) is 14.0 Å². The molecule has 8 aliphatic rings. The average molecular weight is 874 g/mol. The van der Waals surface area contributed by atoms with Gasteiger partial charge in [-0.25, -0.2) is 13.6 Å². The summed E-state index contributed by atoms with van der Waals surface area (Å²) in [6.07, 6.45) is 9.28. The van der Waals surface area contributed by atoms with E-state index >= 15 is 13.6 Å². The Bertz CT molecular complexity index is 2340. The van der Waals surface area contributed by atoms with Crippen LogP contribution >= 0.6 is 0 Å². The lowest BCUT2D eigenvalue weighted by atomic mass is 9.47. The number of nitrogens with one attached hydrogen (secondary N) is 1. The summed E-state index contributed by atoms with van der Waals surface area (Å²) in [6, 6.07) is 4.86. The number of carbonyl (C=O) groups is 3. The van der Waals surface area contributed by atoms with Crippen molar-refractivity contribution in [3.63, 3.8) is 0 Å². The Morgan fingerprint density at radius 2 is 1.83 bits per heavy atom. The van der Waals surface area contributed by atoms with Gasteiger partial charge in [0.05, 0.1) is 19.3 Å². The molecular formula is C48H61F2N5O8. The molecule has 340 valence electrons. The van der Waals surface area contributed by atoms with Crippen molar-refractivity contribution < 1.29 is 47.6 Å². The zero-order valence-electron chi connectivity index (χ0n) is 37.2. The number of aliphatic carboxylic acids is 1. The molecule has 4 saturated heterocycles. The third kappa shape index (κ3) is 5.73. The number of aromatic nitrogens is 1. The maximum absolute atomic E-state index is 15.5. The van der Waals surface area contributed by atoms with Gasteiger partial charge in [-0.1, -0.05) is 25.2 Å². The van der Waals surface area contributed by atoms with Gasteiger partial charge in [-0.05, 0) is 93.3 Å². The van der Waals surface area contributed by atoms with Crippen LogP contribution in [0.3, 0.4) is 0 Å². The molecule has 63 heavy (non-hydrogen) atoms. The number of benzene rings is 1. The first kappa shape index (κ1) is 42.6. The highest BCUT2D eigenvalue weighted by atomic mass is 19.3. The van der Waals surface area contributed by atoms with Crippen molar-refractivity contribution in [1.82, 2.24) is 19.7 Å². The van der Waals surface area contributed by atoms with E-state index in [2.05, 4.69) is 44.0 Å². The number of carboxylic acid groups (broad SMARTS) is 1. The van der Waals surface area contributed by atoms with Gasteiger partial charge in [0.1, 0.15) is 5.41 Å². The highest BCUT2D eigenvalue weighted by Gasteiger charge is 2.81. The number of methoxy groups -OCH3 is 2. The Labute approximate surface area is 367 Å². The van der Waals surface area contributed by atoms with E-state index < -0.39 is 81.8 Å². The Balaban J connectivity index is 1.23. The van der Waals surface area contributed by atoms with Crippen LogP contribution in [0.15, 0.2) is 53.8 Å². The molecule has 5 fully saturated rings. The molecule has 2 aliphatic carbocycles. The molecule has 1 aromatic carbocycles. The number of esters is 2. The Kier molecular flexibility index (Phi) is 9.88. The summed E-state index contributed by atoms with van der Waals surface area (Å²) in [4.78, 5) is 54.6. The first-order valence-corrected chi connectivity index (χ1v) is 22.8. The number of carbonyl (C=O) groups excluding carboxylic acids is 2. The number of ether oxygens (including phenoxy) is 3. The van der Waals surface area contributed by atoms with Crippen molar-refractivity contribution in [2.24, 2.45) is 28.6 Å². The van der Waals surface area contributed by atoms with Crippen molar-refractivity contribution in [3.8, 4) is 0 Å². The minimum Gasteiger partial charge on any atom is -0.479 e. The van der Waals surface area contributed by atoms with Gasteiger partial charge in [0.15, 0.2) is 6.10 Å². The van der Waals surface area contributed by atoms with Crippen LogP contribution < -0.4 is 4.90 Å². The third-order valence-corrected chi connectivity index (χ3v) is 17.1. The van der Waals surface area contributed by atoms with Crippen LogP contribution in [0.4, 0.5) is 14.5 Å². The van der Waals surface area contributed by atoms with Gasteiger partial charge in [-0.2, -0.15) is 0 Å². The van der Waals surface area contributed by atoms with Gasteiger partial charge in [0, 0.05) is 117 Å². The molecule has 6 aliphatic heterocycles. The van der Waals surface area contributed by atoms with E-state index in [1.54, 1.807) is 14.2 Å². The molecule has 3 N–H and O–H groups in total. The molecule has 1 saturated carbocycles. The molecule has 0 radical (unpaired) electrons. The maximum Gasteiger partial charge on any atom is 0.341 e. The van der Waals surface area contributed by atoms with Crippen molar-refractivity contribution in [2.45, 2.75) is 107 Å². The maximum atomic E-state index is 15.5. The van der Waals surface area contributed by atoms with Crippen LogP contribution in [-0.2, 0) is 40.6 Å². The molecule has 2 bridgehead atoms. The van der Waals surface area contributed by atoms with Gasteiger partial charge in [0.25, 0.3) is 0 Å². The molecular weight excluding hydrogens is 813 g/mol. The van der Waals surface area contributed by atoms with E-state index in [0.29, 0.717) is 50.4 Å². The molecule has 4 unspecified atom stereocenters. The summed E-state index contributed by atoms with van der Waals surface area (Å²) in [7, 11) is 4.75. The molecule has 2 aromatic rings. The number of hydrogen-bond donors (Lipinski definition) is 3. The largest absolute Gasteiger partial charge is 0.479 e. The summed E-state index contributed by atoms with van der Waals surface area (Å²) in [5.41, 5.74) is -1.22. The Morgan fingerprint density at radius 3 is 2.49 bits per heavy atom. The number of alkyl halides is 2. The predicted molar refractivity (Wildman–Crippen MR) is 230 cm³/mol. The van der Waals surface area contributed by atoms with Crippen LogP contribution in [0.25, 0.3) is 10.9 Å². The number of rotatable bonds is 8. The summed E-state index contributed by atoms with van der Waals surface area (Å²) in [5, 5.41) is 25.3. The number of likely N-dealkylation sites (N-methyl/N-ethyl adjacent to an activating group) is 1. The fourth-order valence-electron chi connectivity index (χ4n) is 14.7. The van der Waals surface area contributed by atoms with E-state index in [1.807, 2.05) is 30.1 Å². The normalized spacial score (nSPS) is 39.4. The predicted octanol–water partition coefficient (Wildman–Crippen LogP) is 5.23. The number of H-pyrrole nitrogens is 1. The molecule has 0 amide bonds. The molecule has 1 aromatic heterocycles. The summed E-state index contributed by atoms with van der Waals surface area (Å²) >= 11 is 0. The number of allylic oxidation sites excluding steroid dienone is 1. The highest BCUT2D eigenvalue weighted by molar-refractivity contribution is 5.93. The number of aromatic amines is 1. The average Bonchev–Trinajstić information content (AvgIpc) is 4.06. The lowest BCUT2D eigenvalue weighted by Crippen LogP contribution is -2.79. The van der Waals surface area contributed by atoms with Gasteiger partial charge < -0.3 is 39.2 Å². The number of likely N-dealkylation sites (tertiary alicyclic amines) is 1. The van der Waals surface area contributed by atoms with Crippen LogP contribution in [0.5, 0.6) is 0 Å². The van der Waals surface area contributed by atoms with E-state index in [-0.39, 0.29) is 25.3 Å². The Hall–Kier alpha value is -4.31. The van der Waals surface area contributed by atoms with Gasteiger partial charge in [-0.3, -0.25) is 19.4 Å². The number of anilines is 1. The third-order valence-electron chi connectivity index (χ3n) is 17.1. The zero-order chi connectivity index (χ0) is 44.6. The number of halogens is 2. The number of nitrogens with zero attached hydrogens (tertiary/aromatic N) is 4.